The van der Waals surface area contributed by atoms with Crippen molar-refractivity contribution >= 4 is 5.91 Å². The number of hydrogen-bond acceptors (Lipinski definition) is 4. The number of halogens is 2. The SMILES string of the molecule is CCn1c([C@@H]2CCCN(C(=O)c3ccc(F)c(OC)c3F)C2)nn(C)c1=O. The van der Waals surface area contributed by atoms with E-state index < -0.39 is 23.3 Å². The third-order valence-corrected chi connectivity index (χ3v) is 4.91. The molecule has 1 aliphatic rings. The number of aryl methyl sites for hydroxylation is 1. The fourth-order valence-corrected chi connectivity index (χ4v) is 3.55. The first kappa shape index (κ1) is 19.1. The zero-order chi connectivity index (χ0) is 19.7. The van der Waals surface area contributed by atoms with Crippen LogP contribution in [0.5, 0.6) is 5.75 Å². The maximum Gasteiger partial charge on any atom is 0.345 e. The highest BCUT2D eigenvalue weighted by Gasteiger charge is 2.31. The monoisotopic (exact) mass is 380 g/mol. The summed E-state index contributed by atoms with van der Waals surface area (Å²) in [5.74, 6) is -2.46. The first-order valence-electron chi connectivity index (χ1n) is 8.84. The molecule has 1 aromatic carbocycles. The molecular weight excluding hydrogens is 358 g/mol. The van der Waals surface area contributed by atoms with Crippen LogP contribution in [0.3, 0.4) is 0 Å². The van der Waals surface area contributed by atoms with Crippen molar-refractivity contribution in [1.82, 2.24) is 19.2 Å². The van der Waals surface area contributed by atoms with Crippen molar-refractivity contribution in [2.75, 3.05) is 20.2 Å². The molecule has 7 nitrogen and oxygen atoms in total. The van der Waals surface area contributed by atoms with Gasteiger partial charge in [-0.15, -0.1) is 0 Å². The Kier molecular flexibility index (Phi) is 5.29. The molecule has 0 bridgehead atoms. The molecule has 27 heavy (non-hydrogen) atoms. The van der Waals surface area contributed by atoms with Gasteiger partial charge in [0.2, 0.25) is 0 Å². The van der Waals surface area contributed by atoms with E-state index in [0.717, 1.165) is 25.7 Å². The lowest BCUT2D eigenvalue weighted by Crippen LogP contribution is -2.40. The topological polar surface area (TPSA) is 69.4 Å². The lowest BCUT2D eigenvalue weighted by atomic mass is 9.96. The number of benzene rings is 1. The van der Waals surface area contributed by atoms with E-state index in [0.29, 0.717) is 31.9 Å². The van der Waals surface area contributed by atoms with Gasteiger partial charge in [-0.1, -0.05) is 0 Å². The summed E-state index contributed by atoms with van der Waals surface area (Å²) in [7, 11) is 2.74. The predicted molar refractivity (Wildman–Crippen MR) is 93.9 cm³/mol. The maximum atomic E-state index is 14.5. The zero-order valence-corrected chi connectivity index (χ0v) is 15.5. The first-order chi connectivity index (χ1) is 12.9. The molecule has 2 aromatic rings. The molecule has 1 amide bonds. The summed E-state index contributed by atoms with van der Waals surface area (Å²) < 4.78 is 35.7. The maximum absolute atomic E-state index is 14.5. The largest absolute Gasteiger partial charge is 0.491 e. The van der Waals surface area contributed by atoms with Gasteiger partial charge < -0.3 is 9.64 Å². The Labute approximate surface area is 155 Å². The van der Waals surface area contributed by atoms with Gasteiger partial charge in [-0.25, -0.2) is 18.3 Å². The predicted octanol–water partition coefficient (Wildman–Crippen LogP) is 1.91. The van der Waals surface area contributed by atoms with E-state index >= 15 is 0 Å². The number of nitrogens with zero attached hydrogens (tertiary/aromatic N) is 4. The summed E-state index contributed by atoms with van der Waals surface area (Å²) in [6.07, 6.45) is 1.47. The third kappa shape index (κ3) is 3.33. The van der Waals surface area contributed by atoms with Gasteiger partial charge in [-0.3, -0.25) is 9.36 Å². The van der Waals surface area contributed by atoms with Crippen molar-refractivity contribution < 1.29 is 18.3 Å². The quantitative estimate of drug-likeness (QED) is 0.813. The van der Waals surface area contributed by atoms with Crippen LogP contribution in [0.2, 0.25) is 0 Å². The number of ether oxygens (including phenoxy) is 1. The number of amides is 1. The van der Waals surface area contributed by atoms with Crippen LogP contribution in [-0.2, 0) is 13.6 Å². The van der Waals surface area contributed by atoms with Gasteiger partial charge in [0.1, 0.15) is 5.82 Å². The van der Waals surface area contributed by atoms with Gasteiger partial charge in [0.05, 0.1) is 12.7 Å². The van der Waals surface area contributed by atoms with Crippen LogP contribution in [0.1, 0.15) is 41.9 Å². The highest BCUT2D eigenvalue weighted by molar-refractivity contribution is 5.95. The minimum atomic E-state index is -1.01. The number of rotatable bonds is 4. The van der Waals surface area contributed by atoms with E-state index in [1.807, 2.05) is 6.92 Å². The van der Waals surface area contributed by atoms with Gasteiger partial charge in [0, 0.05) is 32.6 Å². The first-order valence-corrected chi connectivity index (χ1v) is 8.84. The molecule has 1 aliphatic heterocycles. The molecule has 0 spiro atoms. The summed E-state index contributed by atoms with van der Waals surface area (Å²) in [6.45, 7) is 3.11. The molecule has 0 saturated carbocycles. The smallest absolute Gasteiger partial charge is 0.345 e. The zero-order valence-electron chi connectivity index (χ0n) is 15.5. The van der Waals surface area contributed by atoms with Crippen molar-refractivity contribution in [3.05, 3.63) is 45.6 Å². The number of carbonyl (C=O) groups is 1. The average molecular weight is 380 g/mol. The number of hydrogen-bond donors (Lipinski definition) is 0. The molecule has 1 fully saturated rings. The van der Waals surface area contributed by atoms with E-state index in [-0.39, 0.29) is 17.2 Å². The Bertz CT molecular complexity index is 922. The second kappa shape index (κ2) is 7.50. The average Bonchev–Trinajstić information content (AvgIpc) is 2.96. The fraction of sp³-hybridized carbons (Fsp3) is 0.500. The molecule has 0 unspecified atom stereocenters. The number of methoxy groups -OCH3 is 1. The molecule has 1 atom stereocenters. The summed E-state index contributed by atoms with van der Waals surface area (Å²) in [5.41, 5.74) is -0.437. The van der Waals surface area contributed by atoms with Crippen molar-refractivity contribution in [2.24, 2.45) is 7.05 Å². The van der Waals surface area contributed by atoms with Crippen molar-refractivity contribution in [1.29, 1.82) is 0 Å². The second-order valence-electron chi connectivity index (χ2n) is 6.54. The van der Waals surface area contributed by atoms with E-state index in [4.69, 9.17) is 4.74 Å². The summed E-state index contributed by atoms with van der Waals surface area (Å²) in [4.78, 5) is 26.5. The molecule has 9 heteroatoms. The number of likely N-dealkylation sites (tertiary alicyclic amines) is 1. The van der Waals surface area contributed by atoms with Gasteiger partial charge in [0.15, 0.2) is 17.4 Å². The van der Waals surface area contributed by atoms with Crippen molar-refractivity contribution in [3.63, 3.8) is 0 Å². The Balaban J connectivity index is 1.88. The van der Waals surface area contributed by atoms with E-state index in [1.54, 1.807) is 11.6 Å². The number of aromatic nitrogens is 3. The lowest BCUT2D eigenvalue weighted by molar-refractivity contribution is 0.0697. The van der Waals surface area contributed by atoms with Crippen LogP contribution in [0, 0.1) is 11.6 Å². The van der Waals surface area contributed by atoms with Gasteiger partial charge in [0.25, 0.3) is 5.91 Å². The molecule has 1 saturated heterocycles. The van der Waals surface area contributed by atoms with Gasteiger partial charge in [-0.2, -0.15) is 5.10 Å². The van der Waals surface area contributed by atoms with E-state index in [1.165, 1.54) is 9.58 Å². The molecule has 0 radical (unpaired) electrons. The molecular formula is C18H22F2N4O3. The van der Waals surface area contributed by atoms with Gasteiger partial charge >= 0.3 is 5.69 Å². The molecule has 146 valence electrons. The van der Waals surface area contributed by atoms with Gasteiger partial charge in [-0.05, 0) is 31.9 Å². The molecule has 3 rings (SSSR count). The Morgan fingerprint density at radius 3 is 2.78 bits per heavy atom. The molecule has 0 N–H and O–H groups in total. The third-order valence-electron chi connectivity index (χ3n) is 4.91. The van der Waals surface area contributed by atoms with E-state index in [9.17, 15) is 18.4 Å². The fourth-order valence-electron chi connectivity index (χ4n) is 3.55. The van der Waals surface area contributed by atoms with Crippen LogP contribution >= 0.6 is 0 Å². The molecule has 2 heterocycles. The Morgan fingerprint density at radius 1 is 1.37 bits per heavy atom. The lowest BCUT2D eigenvalue weighted by Gasteiger charge is -2.32. The van der Waals surface area contributed by atoms with Crippen LogP contribution in [0.15, 0.2) is 16.9 Å². The van der Waals surface area contributed by atoms with Crippen molar-refractivity contribution in [3.8, 4) is 5.75 Å². The highest BCUT2D eigenvalue weighted by atomic mass is 19.1. The van der Waals surface area contributed by atoms with Crippen molar-refractivity contribution in [2.45, 2.75) is 32.2 Å². The summed E-state index contributed by atoms with van der Waals surface area (Å²) in [5, 5.41) is 4.31. The second-order valence-corrected chi connectivity index (χ2v) is 6.54. The number of piperidine rings is 1. The normalized spacial score (nSPS) is 17.2. The standard InChI is InChI=1S/C18H22F2N4O3/c1-4-24-16(21-22(2)18(24)26)11-6-5-9-23(10-11)17(25)12-7-8-13(19)15(27-3)14(12)20/h7-8,11H,4-6,9-10H2,1-3H3/t11-/m1/s1. The Hall–Kier alpha value is -2.71. The van der Waals surface area contributed by atoms with Crippen LogP contribution < -0.4 is 10.4 Å². The summed E-state index contributed by atoms with van der Waals surface area (Å²) >= 11 is 0. The van der Waals surface area contributed by atoms with Crippen LogP contribution in [-0.4, -0.2) is 45.4 Å². The minimum Gasteiger partial charge on any atom is -0.491 e. The summed E-state index contributed by atoms with van der Waals surface area (Å²) in [6, 6.07) is 2.14. The van der Waals surface area contributed by atoms with Crippen LogP contribution in [0.4, 0.5) is 8.78 Å². The highest BCUT2D eigenvalue weighted by Crippen LogP contribution is 2.29. The molecule has 0 aliphatic carbocycles. The van der Waals surface area contributed by atoms with E-state index in [2.05, 4.69) is 5.10 Å². The Morgan fingerprint density at radius 2 is 2.11 bits per heavy atom. The molecule has 1 aromatic heterocycles. The minimum absolute atomic E-state index is 0.123. The number of carbonyl (C=O) groups excluding carboxylic acids is 1. The van der Waals surface area contributed by atoms with Crippen LogP contribution in [0.25, 0.3) is 0 Å².